The summed E-state index contributed by atoms with van der Waals surface area (Å²) in [6.45, 7) is 10.9. The number of rotatable bonds is 4. The lowest BCUT2D eigenvalue weighted by molar-refractivity contribution is -0.150. The second-order valence-corrected chi connectivity index (χ2v) is 6.21. The zero-order chi connectivity index (χ0) is 15.6. The lowest BCUT2D eigenvalue weighted by Crippen LogP contribution is -2.35. The van der Waals surface area contributed by atoms with Crippen molar-refractivity contribution < 1.29 is 13.9 Å². The van der Waals surface area contributed by atoms with Crippen LogP contribution in [-0.4, -0.2) is 11.6 Å². The Morgan fingerprint density at radius 1 is 1.25 bits per heavy atom. The summed E-state index contributed by atoms with van der Waals surface area (Å²) < 4.78 is 18.2. The minimum Gasteiger partial charge on any atom is -0.457 e. The zero-order valence-electron chi connectivity index (χ0n) is 12.5. The van der Waals surface area contributed by atoms with E-state index in [9.17, 15) is 9.18 Å². The highest BCUT2D eigenvalue weighted by Crippen LogP contribution is 2.26. The number of esters is 1. The van der Waals surface area contributed by atoms with Crippen LogP contribution in [0.4, 0.5) is 4.39 Å². The van der Waals surface area contributed by atoms with Gasteiger partial charge < -0.3 is 10.5 Å². The SMILES string of the molecule is C=C(CC(C)(N)c1ccc(F)cc1)C(=O)OC(C)(C)C. The number of carbonyl (C=O) groups is 1. The van der Waals surface area contributed by atoms with Crippen LogP contribution in [0.25, 0.3) is 0 Å². The van der Waals surface area contributed by atoms with Crippen LogP contribution in [0.3, 0.4) is 0 Å². The maximum absolute atomic E-state index is 12.9. The van der Waals surface area contributed by atoms with Crippen LogP contribution in [0, 0.1) is 5.82 Å². The first-order valence-electron chi connectivity index (χ1n) is 6.47. The van der Waals surface area contributed by atoms with Crippen molar-refractivity contribution in [1.82, 2.24) is 0 Å². The van der Waals surface area contributed by atoms with E-state index >= 15 is 0 Å². The van der Waals surface area contributed by atoms with E-state index in [-0.39, 0.29) is 12.2 Å². The van der Waals surface area contributed by atoms with Crippen molar-refractivity contribution in [3.05, 3.63) is 47.8 Å². The Labute approximate surface area is 119 Å². The molecule has 1 rings (SSSR count). The second-order valence-electron chi connectivity index (χ2n) is 6.21. The molecule has 0 aliphatic carbocycles. The predicted octanol–water partition coefficient (Wildman–Crippen LogP) is 3.29. The van der Waals surface area contributed by atoms with E-state index in [2.05, 4.69) is 6.58 Å². The molecule has 1 aromatic carbocycles. The van der Waals surface area contributed by atoms with Crippen LogP contribution in [-0.2, 0) is 15.1 Å². The Balaban J connectivity index is 2.78. The number of carbonyl (C=O) groups excluding carboxylic acids is 1. The van der Waals surface area contributed by atoms with Crippen molar-refractivity contribution >= 4 is 5.97 Å². The topological polar surface area (TPSA) is 52.3 Å². The van der Waals surface area contributed by atoms with Crippen molar-refractivity contribution in [2.75, 3.05) is 0 Å². The van der Waals surface area contributed by atoms with Crippen molar-refractivity contribution in [2.45, 2.75) is 45.3 Å². The molecule has 0 saturated heterocycles. The van der Waals surface area contributed by atoms with Gasteiger partial charge in [-0.3, -0.25) is 0 Å². The molecule has 1 atom stereocenters. The number of benzene rings is 1. The third-order valence-corrected chi connectivity index (χ3v) is 2.77. The quantitative estimate of drug-likeness (QED) is 0.679. The van der Waals surface area contributed by atoms with E-state index in [0.29, 0.717) is 5.57 Å². The van der Waals surface area contributed by atoms with Gasteiger partial charge in [-0.05, 0) is 45.4 Å². The fraction of sp³-hybridized carbons (Fsp3) is 0.438. The summed E-state index contributed by atoms with van der Waals surface area (Å²) in [5.41, 5.74) is 5.87. The summed E-state index contributed by atoms with van der Waals surface area (Å²) >= 11 is 0. The monoisotopic (exact) mass is 279 g/mol. The van der Waals surface area contributed by atoms with Gasteiger partial charge in [-0.2, -0.15) is 0 Å². The van der Waals surface area contributed by atoms with Gasteiger partial charge >= 0.3 is 5.97 Å². The average molecular weight is 279 g/mol. The van der Waals surface area contributed by atoms with Gasteiger partial charge in [-0.1, -0.05) is 18.7 Å². The van der Waals surface area contributed by atoms with E-state index in [1.807, 2.05) is 0 Å². The zero-order valence-corrected chi connectivity index (χ0v) is 12.5. The molecule has 3 nitrogen and oxygen atoms in total. The highest BCUT2D eigenvalue weighted by Gasteiger charge is 2.27. The Morgan fingerprint density at radius 3 is 2.20 bits per heavy atom. The molecule has 4 heteroatoms. The van der Waals surface area contributed by atoms with Crippen LogP contribution in [0.2, 0.25) is 0 Å². The number of hydrogen-bond acceptors (Lipinski definition) is 3. The van der Waals surface area contributed by atoms with Crippen LogP contribution < -0.4 is 5.73 Å². The lowest BCUT2D eigenvalue weighted by atomic mass is 9.87. The van der Waals surface area contributed by atoms with Gasteiger partial charge in [-0.25, -0.2) is 9.18 Å². The van der Waals surface area contributed by atoms with Crippen molar-refractivity contribution in [3.63, 3.8) is 0 Å². The van der Waals surface area contributed by atoms with Gasteiger partial charge in [0.1, 0.15) is 11.4 Å². The average Bonchev–Trinajstić information content (AvgIpc) is 2.26. The molecule has 0 bridgehead atoms. The summed E-state index contributed by atoms with van der Waals surface area (Å²) in [5, 5.41) is 0. The fourth-order valence-electron chi connectivity index (χ4n) is 1.80. The molecule has 0 heterocycles. The molecule has 0 saturated carbocycles. The number of nitrogens with two attached hydrogens (primary N) is 1. The minimum absolute atomic E-state index is 0.244. The highest BCUT2D eigenvalue weighted by molar-refractivity contribution is 5.88. The molecule has 1 aromatic rings. The maximum Gasteiger partial charge on any atom is 0.333 e. The first-order valence-corrected chi connectivity index (χ1v) is 6.47. The summed E-state index contributed by atoms with van der Waals surface area (Å²) in [6.07, 6.45) is 0.244. The van der Waals surface area contributed by atoms with Crippen LogP contribution in [0.5, 0.6) is 0 Å². The normalized spacial score (nSPS) is 14.5. The molecule has 0 spiro atoms. The van der Waals surface area contributed by atoms with Crippen LogP contribution >= 0.6 is 0 Å². The molecule has 0 aliphatic rings. The minimum atomic E-state index is -0.804. The molecule has 0 aromatic heterocycles. The van der Waals surface area contributed by atoms with E-state index < -0.39 is 17.1 Å². The Bertz CT molecular complexity index is 498. The molecule has 1 unspecified atom stereocenters. The Hall–Kier alpha value is -1.68. The highest BCUT2D eigenvalue weighted by atomic mass is 19.1. The van der Waals surface area contributed by atoms with Gasteiger partial charge in [0, 0.05) is 17.5 Å². The summed E-state index contributed by atoms with van der Waals surface area (Å²) in [5.74, 6) is -0.785. The molecule has 0 amide bonds. The van der Waals surface area contributed by atoms with E-state index in [0.717, 1.165) is 5.56 Å². The number of hydrogen-bond donors (Lipinski definition) is 1. The largest absolute Gasteiger partial charge is 0.457 e. The van der Waals surface area contributed by atoms with Gasteiger partial charge in [0.15, 0.2) is 0 Å². The first-order chi connectivity index (χ1) is 9.01. The standard InChI is InChI=1S/C16H22FNO2/c1-11(14(19)20-15(2,3)4)10-16(5,18)12-6-8-13(17)9-7-12/h6-9H,1,10,18H2,2-5H3. The lowest BCUT2D eigenvalue weighted by Gasteiger charge is -2.27. The van der Waals surface area contributed by atoms with E-state index in [1.165, 1.54) is 12.1 Å². The molecular formula is C16H22FNO2. The van der Waals surface area contributed by atoms with E-state index in [4.69, 9.17) is 10.5 Å². The second kappa shape index (κ2) is 5.75. The number of ether oxygens (including phenoxy) is 1. The fourth-order valence-corrected chi connectivity index (χ4v) is 1.80. The maximum atomic E-state index is 12.9. The Morgan fingerprint density at radius 2 is 1.75 bits per heavy atom. The van der Waals surface area contributed by atoms with Crippen LogP contribution in [0.15, 0.2) is 36.4 Å². The van der Waals surface area contributed by atoms with E-state index in [1.54, 1.807) is 39.8 Å². The third-order valence-electron chi connectivity index (χ3n) is 2.77. The molecule has 20 heavy (non-hydrogen) atoms. The molecule has 110 valence electrons. The molecule has 0 fully saturated rings. The van der Waals surface area contributed by atoms with Gasteiger partial charge in [0.05, 0.1) is 0 Å². The summed E-state index contributed by atoms with van der Waals surface area (Å²) in [4.78, 5) is 11.9. The van der Waals surface area contributed by atoms with Gasteiger partial charge in [-0.15, -0.1) is 0 Å². The molecule has 2 N–H and O–H groups in total. The summed E-state index contributed by atoms with van der Waals surface area (Å²) in [7, 11) is 0. The van der Waals surface area contributed by atoms with Gasteiger partial charge in [0.25, 0.3) is 0 Å². The van der Waals surface area contributed by atoms with Crippen molar-refractivity contribution in [3.8, 4) is 0 Å². The molecular weight excluding hydrogens is 257 g/mol. The van der Waals surface area contributed by atoms with Gasteiger partial charge in [0.2, 0.25) is 0 Å². The van der Waals surface area contributed by atoms with Crippen molar-refractivity contribution in [2.24, 2.45) is 5.73 Å². The van der Waals surface area contributed by atoms with Crippen LogP contribution in [0.1, 0.15) is 39.7 Å². The first kappa shape index (κ1) is 16.4. The molecule has 0 radical (unpaired) electrons. The summed E-state index contributed by atoms with van der Waals surface area (Å²) in [6, 6.07) is 5.91. The number of halogens is 1. The Kier molecular flexibility index (Phi) is 4.71. The predicted molar refractivity (Wildman–Crippen MR) is 77.5 cm³/mol. The van der Waals surface area contributed by atoms with Crippen molar-refractivity contribution in [1.29, 1.82) is 0 Å². The molecule has 0 aliphatic heterocycles. The smallest absolute Gasteiger partial charge is 0.333 e. The third kappa shape index (κ3) is 4.78.